The lowest BCUT2D eigenvalue weighted by atomic mass is 10.2. The molecule has 0 saturated carbocycles. The number of aromatic nitrogens is 1. The van der Waals surface area contributed by atoms with E-state index in [1.165, 1.54) is 10.4 Å². The lowest BCUT2D eigenvalue weighted by Gasteiger charge is -2.34. The van der Waals surface area contributed by atoms with Crippen LogP contribution >= 0.6 is 11.6 Å². The highest BCUT2D eigenvalue weighted by Crippen LogP contribution is 2.32. The zero-order valence-corrected chi connectivity index (χ0v) is 16.8. The number of amides is 1. The standard InChI is InChI=1S/C18H22ClN3O4S/c1-3-26-16-11-13(2)14(19)12-17(16)27(24,25)22-9-7-21(8-10-22)18(23)15-5-4-6-20-15/h4-6,11-12,20H,3,7-10H2,1-2H3. The van der Waals surface area contributed by atoms with E-state index in [9.17, 15) is 13.2 Å². The fraction of sp³-hybridized carbons (Fsp3) is 0.389. The van der Waals surface area contributed by atoms with Gasteiger partial charge < -0.3 is 14.6 Å². The number of benzene rings is 1. The van der Waals surface area contributed by atoms with Crippen LogP contribution in [0.1, 0.15) is 23.0 Å². The van der Waals surface area contributed by atoms with Gasteiger partial charge in [0.2, 0.25) is 10.0 Å². The summed E-state index contributed by atoms with van der Waals surface area (Å²) in [5, 5.41) is 0.373. The predicted octanol–water partition coefficient (Wildman–Crippen LogP) is 2.52. The summed E-state index contributed by atoms with van der Waals surface area (Å²) in [5.74, 6) is 0.162. The maximum atomic E-state index is 13.1. The van der Waals surface area contributed by atoms with Gasteiger partial charge >= 0.3 is 0 Å². The molecule has 146 valence electrons. The Morgan fingerprint density at radius 3 is 2.56 bits per heavy atom. The smallest absolute Gasteiger partial charge is 0.270 e. The number of ether oxygens (including phenoxy) is 1. The molecule has 1 aliphatic rings. The molecule has 1 aromatic carbocycles. The van der Waals surface area contributed by atoms with Crippen LogP contribution in [0, 0.1) is 6.92 Å². The van der Waals surface area contributed by atoms with E-state index in [0.717, 1.165) is 5.56 Å². The molecule has 7 nitrogen and oxygen atoms in total. The van der Waals surface area contributed by atoms with Crippen molar-refractivity contribution < 1.29 is 17.9 Å². The first-order valence-electron chi connectivity index (χ1n) is 8.70. The number of carbonyl (C=O) groups is 1. The van der Waals surface area contributed by atoms with E-state index in [1.807, 2.05) is 0 Å². The summed E-state index contributed by atoms with van der Waals surface area (Å²) in [6.45, 7) is 5.01. The number of nitrogens with zero attached hydrogens (tertiary/aromatic N) is 2. The molecule has 0 spiro atoms. The van der Waals surface area contributed by atoms with Crippen molar-refractivity contribution in [1.82, 2.24) is 14.2 Å². The minimum absolute atomic E-state index is 0.0593. The van der Waals surface area contributed by atoms with Crippen molar-refractivity contribution in [3.05, 3.63) is 46.7 Å². The Kier molecular flexibility index (Phi) is 5.78. The van der Waals surface area contributed by atoms with E-state index in [0.29, 0.717) is 36.2 Å². The van der Waals surface area contributed by atoms with Gasteiger partial charge in [-0.25, -0.2) is 8.42 Å². The number of halogens is 1. The van der Waals surface area contributed by atoms with Gasteiger partial charge in [-0.1, -0.05) is 11.6 Å². The van der Waals surface area contributed by atoms with Crippen LogP contribution in [-0.4, -0.2) is 61.3 Å². The summed E-state index contributed by atoms with van der Waals surface area (Å²) < 4.78 is 33.2. The van der Waals surface area contributed by atoms with E-state index in [-0.39, 0.29) is 23.9 Å². The summed E-state index contributed by atoms with van der Waals surface area (Å²) in [4.78, 5) is 17.0. The second kappa shape index (κ2) is 7.92. The van der Waals surface area contributed by atoms with Gasteiger partial charge in [-0.2, -0.15) is 4.31 Å². The van der Waals surface area contributed by atoms with Crippen LogP contribution in [-0.2, 0) is 10.0 Å². The molecule has 3 rings (SSSR count). The maximum absolute atomic E-state index is 13.1. The van der Waals surface area contributed by atoms with Gasteiger partial charge in [-0.05, 0) is 43.7 Å². The van der Waals surface area contributed by atoms with E-state index < -0.39 is 10.0 Å². The number of rotatable bonds is 5. The van der Waals surface area contributed by atoms with Gasteiger partial charge in [-0.15, -0.1) is 0 Å². The second-order valence-electron chi connectivity index (χ2n) is 6.26. The Hall–Kier alpha value is -2.03. The summed E-state index contributed by atoms with van der Waals surface area (Å²) in [5.41, 5.74) is 1.25. The Bertz CT molecular complexity index is 920. The number of H-pyrrole nitrogens is 1. The number of hydrogen-bond acceptors (Lipinski definition) is 4. The Balaban J connectivity index is 1.79. The molecule has 1 amide bonds. The van der Waals surface area contributed by atoms with E-state index in [2.05, 4.69) is 4.98 Å². The Labute approximate surface area is 163 Å². The highest BCUT2D eigenvalue weighted by molar-refractivity contribution is 7.89. The number of hydrogen-bond donors (Lipinski definition) is 1. The minimum atomic E-state index is -3.78. The van der Waals surface area contributed by atoms with Gasteiger partial charge in [-0.3, -0.25) is 4.79 Å². The van der Waals surface area contributed by atoms with Crippen molar-refractivity contribution in [1.29, 1.82) is 0 Å². The van der Waals surface area contributed by atoms with Gasteiger partial charge in [0.15, 0.2) is 0 Å². The SMILES string of the molecule is CCOc1cc(C)c(Cl)cc1S(=O)(=O)N1CCN(C(=O)c2ccc[nH]2)CC1. The lowest BCUT2D eigenvalue weighted by molar-refractivity contribution is 0.0692. The van der Waals surface area contributed by atoms with Crippen LogP contribution in [0.2, 0.25) is 5.02 Å². The minimum Gasteiger partial charge on any atom is -0.492 e. The Morgan fingerprint density at radius 1 is 1.26 bits per heavy atom. The van der Waals surface area contributed by atoms with Crippen LogP contribution in [0.4, 0.5) is 0 Å². The van der Waals surface area contributed by atoms with Crippen molar-refractivity contribution >= 4 is 27.5 Å². The lowest BCUT2D eigenvalue weighted by Crippen LogP contribution is -2.50. The number of aryl methyl sites for hydroxylation is 1. The van der Waals surface area contributed by atoms with Crippen molar-refractivity contribution in [3.63, 3.8) is 0 Å². The highest BCUT2D eigenvalue weighted by atomic mass is 35.5. The molecule has 0 unspecified atom stereocenters. The number of aromatic amines is 1. The number of nitrogens with one attached hydrogen (secondary N) is 1. The quantitative estimate of drug-likeness (QED) is 0.819. The Morgan fingerprint density at radius 2 is 1.96 bits per heavy atom. The molecule has 0 aliphatic carbocycles. The van der Waals surface area contributed by atoms with Crippen LogP contribution in [0.5, 0.6) is 5.75 Å². The van der Waals surface area contributed by atoms with Crippen LogP contribution in [0.3, 0.4) is 0 Å². The van der Waals surface area contributed by atoms with Crippen LogP contribution in [0.25, 0.3) is 0 Å². The van der Waals surface area contributed by atoms with Crippen molar-refractivity contribution in [3.8, 4) is 5.75 Å². The van der Waals surface area contributed by atoms with E-state index in [4.69, 9.17) is 16.3 Å². The zero-order chi connectivity index (χ0) is 19.6. The first-order valence-corrected chi connectivity index (χ1v) is 10.5. The molecule has 1 aliphatic heterocycles. The van der Waals surface area contributed by atoms with Crippen LogP contribution in [0.15, 0.2) is 35.4 Å². The molecule has 1 aromatic heterocycles. The highest BCUT2D eigenvalue weighted by Gasteiger charge is 2.33. The fourth-order valence-electron chi connectivity index (χ4n) is 3.01. The fourth-order valence-corrected chi connectivity index (χ4v) is 4.80. The van der Waals surface area contributed by atoms with Gasteiger partial charge in [0, 0.05) is 37.4 Å². The molecule has 0 radical (unpaired) electrons. The number of sulfonamides is 1. The summed E-state index contributed by atoms with van der Waals surface area (Å²) >= 11 is 6.16. The molecule has 0 atom stereocenters. The molecular weight excluding hydrogens is 390 g/mol. The molecule has 2 heterocycles. The molecule has 2 aromatic rings. The molecule has 27 heavy (non-hydrogen) atoms. The number of carbonyl (C=O) groups excluding carboxylic acids is 1. The molecule has 0 bridgehead atoms. The average Bonchev–Trinajstić information content (AvgIpc) is 3.19. The number of piperazine rings is 1. The average molecular weight is 412 g/mol. The zero-order valence-electron chi connectivity index (χ0n) is 15.2. The molecule has 9 heteroatoms. The largest absolute Gasteiger partial charge is 0.492 e. The maximum Gasteiger partial charge on any atom is 0.270 e. The topological polar surface area (TPSA) is 82.7 Å². The predicted molar refractivity (Wildman–Crippen MR) is 103 cm³/mol. The van der Waals surface area contributed by atoms with Gasteiger partial charge in [0.05, 0.1) is 6.61 Å². The normalized spacial score (nSPS) is 15.7. The van der Waals surface area contributed by atoms with Crippen LogP contribution < -0.4 is 4.74 Å². The molecular formula is C18H22ClN3O4S. The second-order valence-corrected chi connectivity index (χ2v) is 8.57. The molecule has 1 N–H and O–H groups in total. The van der Waals surface area contributed by atoms with E-state index >= 15 is 0 Å². The third-order valence-corrected chi connectivity index (χ3v) is 6.82. The van der Waals surface area contributed by atoms with Crippen molar-refractivity contribution in [2.24, 2.45) is 0 Å². The summed E-state index contributed by atoms with van der Waals surface area (Å²) in [7, 11) is -3.78. The first-order chi connectivity index (χ1) is 12.8. The monoisotopic (exact) mass is 411 g/mol. The molecule has 1 fully saturated rings. The van der Waals surface area contributed by atoms with Crippen molar-refractivity contribution in [2.75, 3.05) is 32.8 Å². The third kappa shape index (κ3) is 3.97. The third-order valence-electron chi connectivity index (χ3n) is 4.50. The summed E-state index contributed by atoms with van der Waals surface area (Å²) in [6.07, 6.45) is 1.68. The first kappa shape index (κ1) is 19.7. The van der Waals surface area contributed by atoms with E-state index in [1.54, 1.807) is 43.1 Å². The summed E-state index contributed by atoms with van der Waals surface area (Å²) in [6, 6.07) is 6.54. The van der Waals surface area contributed by atoms with Gasteiger partial charge in [0.1, 0.15) is 16.3 Å². The van der Waals surface area contributed by atoms with Gasteiger partial charge in [0.25, 0.3) is 5.91 Å². The van der Waals surface area contributed by atoms with Crippen molar-refractivity contribution in [2.45, 2.75) is 18.7 Å². The molecule has 1 saturated heterocycles.